The molecule has 10 heteroatoms. The first-order chi connectivity index (χ1) is 14.3. The summed E-state index contributed by atoms with van der Waals surface area (Å²) in [4.78, 5) is 46.1. The molecule has 0 saturated carbocycles. The third kappa shape index (κ3) is 15.0. The van der Waals surface area contributed by atoms with Crippen LogP contribution < -0.4 is 16.4 Å². The number of aliphatic hydroxyl groups is 1. The maximum Gasteiger partial charge on any atom is 0.245 e. The molecule has 0 rings (SSSR count). The van der Waals surface area contributed by atoms with E-state index in [2.05, 4.69) is 10.6 Å². The van der Waals surface area contributed by atoms with Gasteiger partial charge in [-0.1, -0.05) is 13.3 Å². The second kappa shape index (κ2) is 17.9. The summed E-state index contributed by atoms with van der Waals surface area (Å²) >= 11 is 0. The van der Waals surface area contributed by atoms with E-state index in [0.717, 1.165) is 0 Å². The number of nitrogens with two attached hydrogens (primary N) is 1. The molecule has 0 aliphatic heterocycles. The zero-order chi connectivity index (χ0) is 22.8. The molecule has 0 aromatic rings. The minimum atomic E-state index is -0.946. The molecule has 0 spiro atoms. The summed E-state index contributed by atoms with van der Waals surface area (Å²) in [6, 6.07) is -0.946. The van der Waals surface area contributed by atoms with Gasteiger partial charge in [-0.2, -0.15) is 0 Å². The van der Waals surface area contributed by atoms with Crippen LogP contribution in [0.3, 0.4) is 0 Å². The molecule has 0 radical (unpaired) electrons. The van der Waals surface area contributed by atoms with Crippen LogP contribution in [0.2, 0.25) is 0 Å². The van der Waals surface area contributed by atoms with Gasteiger partial charge in [-0.05, 0) is 19.8 Å². The molecule has 0 aromatic heterocycles. The van der Waals surface area contributed by atoms with E-state index in [1.807, 2.05) is 0 Å². The van der Waals surface area contributed by atoms with E-state index < -0.39 is 18.6 Å². The van der Waals surface area contributed by atoms with Crippen LogP contribution in [0.15, 0.2) is 0 Å². The Morgan fingerprint density at radius 1 is 0.967 bits per heavy atom. The number of amides is 2. The van der Waals surface area contributed by atoms with Gasteiger partial charge in [-0.3, -0.25) is 19.2 Å². The van der Waals surface area contributed by atoms with E-state index in [0.29, 0.717) is 52.0 Å². The molecule has 10 nitrogen and oxygen atoms in total. The summed E-state index contributed by atoms with van der Waals surface area (Å²) in [5.41, 5.74) is 5.48. The van der Waals surface area contributed by atoms with Crippen molar-refractivity contribution in [1.29, 1.82) is 0 Å². The predicted octanol–water partition coefficient (Wildman–Crippen LogP) is -0.684. The van der Waals surface area contributed by atoms with Gasteiger partial charge in [-0.25, -0.2) is 0 Å². The van der Waals surface area contributed by atoms with Crippen molar-refractivity contribution in [3.8, 4) is 0 Å². The van der Waals surface area contributed by atoms with Crippen LogP contribution in [-0.2, 0) is 28.7 Å². The van der Waals surface area contributed by atoms with Crippen molar-refractivity contribution in [2.24, 2.45) is 11.7 Å². The van der Waals surface area contributed by atoms with Gasteiger partial charge in [0.2, 0.25) is 11.8 Å². The van der Waals surface area contributed by atoms with Crippen LogP contribution in [0.4, 0.5) is 0 Å². The maximum atomic E-state index is 11.8. The summed E-state index contributed by atoms with van der Waals surface area (Å²) in [5.74, 6) is -1.08. The monoisotopic (exact) mass is 431 g/mol. The second-order valence-corrected chi connectivity index (χ2v) is 6.98. The van der Waals surface area contributed by atoms with Crippen molar-refractivity contribution in [2.75, 3.05) is 46.1 Å². The van der Waals surface area contributed by atoms with Crippen molar-refractivity contribution < 1.29 is 33.8 Å². The van der Waals surface area contributed by atoms with Crippen LogP contribution in [0.25, 0.3) is 0 Å². The topological polar surface area (TPSA) is 157 Å². The SMILES string of the molecule is CCC(=O)NCCOCCOCC(=O)NCCCC[C@H](CC(=O)[C@H](N)CO)C(C)=O. The Labute approximate surface area is 178 Å². The van der Waals surface area contributed by atoms with Crippen molar-refractivity contribution in [3.63, 3.8) is 0 Å². The van der Waals surface area contributed by atoms with E-state index in [1.165, 1.54) is 6.92 Å². The fourth-order valence-electron chi connectivity index (χ4n) is 2.51. The zero-order valence-electron chi connectivity index (χ0n) is 18.1. The summed E-state index contributed by atoms with van der Waals surface area (Å²) in [6.07, 6.45) is 2.35. The van der Waals surface area contributed by atoms with Gasteiger partial charge >= 0.3 is 0 Å². The molecule has 30 heavy (non-hydrogen) atoms. The number of aliphatic hydroxyl groups excluding tert-OH is 1. The first kappa shape index (κ1) is 28.1. The van der Waals surface area contributed by atoms with E-state index >= 15 is 0 Å². The lowest BCUT2D eigenvalue weighted by molar-refractivity contribution is -0.128. The quantitative estimate of drug-likeness (QED) is 0.196. The average molecular weight is 432 g/mol. The fraction of sp³-hybridized carbons (Fsp3) is 0.800. The number of carbonyl (C=O) groups is 4. The van der Waals surface area contributed by atoms with Crippen molar-refractivity contribution in [2.45, 2.75) is 52.0 Å². The molecule has 0 bridgehead atoms. The lowest BCUT2D eigenvalue weighted by Gasteiger charge is -2.15. The molecule has 0 aromatic carbocycles. The maximum absolute atomic E-state index is 11.8. The Kier molecular flexibility index (Phi) is 16.8. The van der Waals surface area contributed by atoms with E-state index in [9.17, 15) is 19.2 Å². The van der Waals surface area contributed by atoms with E-state index in [1.54, 1.807) is 6.92 Å². The summed E-state index contributed by atoms with van der Waals surface area (Å²) in [6.45, 7) is 4.61. The lowest BCUT2D eigenvalue weighted by Crippen LogP contribution is -2.36. The number of carbonyl (C=O) groups excluding carboxylic acids is 4. The predicted molar refractivity (Wildman–Crippen MR) is 111 cm³/mol. The van der Waals surface area contributed by atoms with Gasteiger partial charge in [-0.15, -0.1) is 0 Å². The van der Waals surface area contributed by atoms with Crippen LogP contribution in [-0.4, -0.2) is 80.7 Å². The Bertz CT molecular complexity index is 529. The van der Waals surface area contributed by atoms with Gasteiger partial charge in [0.25, 0.3) is 0 Å². The Morgan fingerprint density at radius 3 is 2.27 bits per heavy atom. The van der Waals surface area contributed by atoms with Gasteiger partial charge in [0.15, 0.2) is 5.78 Å². The number of hydrogen-bond donors (Lipinski definition) is 4. The largest absolute Gasteiger partial charge is 0.394 e. The average Bonchev–Trinajstić information content (AvgIpc) is 2.73. The highest BCUT2D eigenvalue weighted by molar-refractivity contribution is 5.89. The van der Waals surface area contributed by atoms with Crippen molar-refractivity contribution >= 4 is 23.4 Å². The Balaban J connectivity index is 3.70. The fourth-order valence-corrected chi connectivity index (χ4v) is 2.51. The molecule has 0 saturated heterocycles. The minimum absolute atomic E-state index is 0.0253. The molecule has 174 valence electrons. The standard InChI is InChI=1S/C20H37N3O7/c1-3-19(27)23-8-9-29-10-11-30-14-20(28)22-7-5-4-6-16(15(2)25)12-18(26)17(21)13-24/h16-17,24H,3-14,21H2,1-2H3,(H,22,28)(H,23,27)/t16-,17-/m1/s1. The van der Waals surface area contributed by atoms with Gasteiger partial charge in [0.1, 0.15) is 12.4 Å². The highest BCUT2D eigenvalue weighted by Crippen LogP contribution is 2.15. The summed E-state index contributed by atoms with van der Waals surface area (Å²) in [5, 5.41) is 14.3. The number of ether oxygens (including phenoxy) is 2. The minimum Gasteiger partial charge on any atom is -0.394 e. The molecule has 0 unspecified atom stereocenters. The normalized spacial score (nSPS) is 12.8. The summed E-state index contributed by atoms with van der Waals surface area (Å²) < 4.78 is 10.5. The third-order valence-corrected chi connectivity index (χ3v) is 4.43. The highest BCUT2D eigenvalue weighted by Gasteiger charge is 2.21. The van der Waals surface area contributed by atoms with E-state index in [4.69, 9.17) is 20.3 Å². The number of hydrogen-bond acceptors (Lipinski definition) is 8. The van der Waals surface area contributed by atoms with Gasteiger partial charge in [0, 0.05) is 31.8 Å². The first-order valence-corrected chi connectivity index (χ1v) is 10.4. The van der Waals surface area contributed by atoms with Crippen LogP contribution >= 0.6 is 0 Å². The Hall–Kier alpha value is -1.88. The van der Waals surface area contributed by atoms with Gasteiger partial charge in [0.05, 0.1) is 32.5 Å². The molecule has 2 amide bonds. The van der Waals surface area contributed by atoms with E-state index in [-0.39, 0.29) is 43.0 Å². The molecule has 2 atom stereocenters. The number of Topliss-reactive ketones (excluding diaryl/α,β-unsaturated/α-hetero) is 2. The van der Waals surface area contributed by atoms with Crippen molar-refractivity contribution in [1.82, 2.24) is 10.6 Å². The number of rotatable bonds is 19. The summed E-state index contributed by atoms with van der Waals surface area (Å²) in [7, 11) is 0. The molecular weight excluding hydrogens is 394 g/mol. The smallest absolute Gasteiger partial charge is 0.245 e. The third-order valence-electron chi connectivity index (χ3n) is 4.43. The molecule has 0 fully saturated rings. The second-order valence-electron chi connectivity index (χ2n) is 6.98. The van der Waals surface area contributed by atoms with Crippen LogP contribution in [0.1, 0.15) is 46.0 Å². The molecular formula is C20H37N3O7. The molecule has 0 aliphatic rings. The number of nitrogens with one attached hydrogen (secondary N) is 2. The number of unbranched alkanes of at least 4 members (excludes halogenated alkanes) is 1. The zero-order valence-corrected chi connectivity index (χ0v) is 18.1. The molecule has 5 N–H and O–H groups in total. The molecule has 0 aliphatic carbocycles. The van der Waals surface area contributed by atoms with Crippen LogP contribution in [0, 0.1) is 5.92 Å². The van der Waals surface area contributed by atoms with Gasteiger partial charge < -0.3 is 30.9 Å². The number of ketones is 2. The Morgan fingerprint density at radius 2 is 1.63 bits per heavy atom. The lowest BCUT2D eigenvalue weighted by atomic mass is 9.91. The highest BCUT2D eigenvalue weighted by atomic mass is 16.5. The van der Waals surface area contributed by atoms with Crippen molar-refractivity contribution in [3.05, 3.63) is 0 Å². The van der Waals surface area contributed by atoms with Crippen LogP contribution in [0.5, 0.6) is 0 Å². The first-order valence-electron chi connectivity index (χ1n) is 10.4. The molecule has 0 heterocycles.